The van der Waals surface area contributed by atoms with Crippen molar-refractivity contribution in [1.29, 1.82) is 0 Å². The zero-order chi connectivity index (χ0) is 15.1. The highest BCUT2D eigenvalue weighted by molar-refractivity contribution is 9.18. The van der Waals surface area contributed by atoms with Gasteiger partial charge in [-0.05, 0) is 40.9 Å². The zero-order valence-electron chi connectivity index (χ0n) is 11.6. The number of nitrogens with zero attached hydrogens (tertiary/aromatic N) is 2. The summed E-state index contributed by atoms with van der Waals surface area (Å²) in [5.41, 5.74) is 3.53. The van der Waals surface area contributed by atoms with Crippen LogP contribution < -0.4 is 5.43 Å². The minimum atomic E-state index is -0.118. The first kappa shape index (κ1) is 16.5. The minimum Gasteiger partial charge on any atom is -0.272 e. The number of hydrogen-bond acceptors (Lipinski definition) is 5. The van der Waals surface area contributed by atoms with Crippen molar-refractivity contribution in [2.24, 2.45) is 5.10 Å². The quantitative estimate of drug-likeness (QED) is 0.436. The summed E-state index contributed by atoms with van der Waals surface area (Å²) in [6.45, 7) is 2.12. The lowest BCUT2D eigenvalue weighted by molar-refractivity contribution is -0.118. The smallest absolute Gasteiger partial charge is 0.250 e. The molecule has 1 N–H and O–H groups in total. The number of fused-ring (bicyclic) bond motifs is 1. The molecule has 0 saturated heterocycles. The number of hydrogen-bond donors (Lipinski definition) is 1. The Morgan fingerprint density at radius 2 is 2.29 bits per heavy atom. The minimum absolute atomic E-state index is 0.118. The van der Waals surface area contributed by atoms with Crippen molar-refractivity contribution in [2.75, 3.05) is 5.75 Å². The Hall–Kier alpha value is -0.920. The Bertz CT molecular complexity index is 609. The number of carbonyl (C=O) groups excluding carboxylic acids is 1. The summed E-state index contributed by atoms with van der Waals surface area (Å²) in [6, 6.07) is 7.97. The second-order valence-corrected chi connectivity index (χ2v) is 7.53. The van der Waals surface area contributed by atoms with Gasteiger partial charge in [0.25, 0.3) is 5.91 Å². The van der Waals surface area contributed by atoms with Gasteiger partial charge in [-0.25, -0.2) is 10.4 Å². The average Bonchev–Trinajstić information content (AvgIpc) is 2.91. The van der Waals surface area contributed by atoms with Crippen LogP contribution in [0.25, 0.3) is 10.2 Å². The number of thiazole rings is 1. The van der Waals surface area contributed by atoms with Gasteiger partial charge in [0.05, 0.1) is 16.0 Å². The van der Waals surface area contributed by atoms with Gasteiger partial charge in [0, 0.05) is 0 Å². The molecule has 21 heavy (non-hydrogen) atoms. The van der Waals surface area contributed by atoms with Gasteiger partial charge in [-0.2, -0.15) is 5.10 Å². The molecule has 1 aromatic carbocycles. The van der Waals surface area contributed by atoms with Gasteiger partial charge in [0.1, 0.15) is 4.62 Å². The molecular formula is C14H16BrN3OS2. The first-order chi connectivity index (χ1) is 10.2. The highest BCUT2D eigenvalue weighted by Gasteiger charge is 2.07. The van der Waals surface area contributed by atoms with Crippen LogP contribution in [0.3, 0.4) is 0 Å². The van der Waals surface area contributed by atoms with E-state index in [4.69, 9.17) is 0 Å². The fourth-order valence-electron chi connectivity index (χ4n) is 1.57. The van der Waals surface area contributed by atoms with Crippen LogP contribution in [0.15, 0.2) is 33.7 Å². The topological polar surface area (TPSA) is 54.4 Å². The fraction of sp³-hybridized carbons (Fsp3) is 0.357. The van der Waals surface area contributed by atoms with Crippen molar-refractivity contribution in [3.8, 4) is 0 Å². The van der Waals surface area contributed by atoms with E-state index in [0.717, 1.165) is 38.4 Å². The number of hydrazone groups is 1. The predicted octanol–water partition coefficient (Wildman–Crippen LogP) is 4.40. The zero-order valence-corrected chi connectivity index (χ0v) is 14.9. The van der Waals surface area contributed by atoms with Crippen LogP contribution in [-0.2, 0) is 4.79 Å². The van der Waals surface area contributed by atoms with Crippen LogP contribution in [0.1, 0.15) is 26.2 Å². The van der Waals surface area contributed by atoms with Crippen LogP contribution >= 0.6 is 39.0 Å². The van der Waals surface area contributed by atoms with Gasteiger partial charge in [-0.1, -0.05) is 37.2 Å². The molecule has 0 saturated carbocycles. The summed E-state index contributed by atoms with van der Waals surface area (Å²) in [6.07, 6.45) is 3.01. The third-order valence-corrected chi connectivity index (χ3v) is 5.39. The molecule has 0 fully saturated rings. The van der Waals surface area contributed by atoms with Gasteiger partial charge in [-0.3, -0.25) is 4.79 Å². The van der Waals surface area contributed by atoms with Gasteiger partial charge < -0.3 is 0 Å². The number of thioether (sulfide) groups is 1. The molecule has 0 aliphatic rings. The summed E-state index contributed by atoms with van der Waals surface area (Å²) in [5.74, 6) is 0.199. The number of benzene rings is 1. The third-order valence-electron chi connectivity index (χ3n) is 2.64. The van der Waals surface area contributed by atoms with Crippen molar-refractivity contribution in [1.82, 2.24) is 10.4 Å². The molecule has 0 bridgehead atoms. The average molecular weight is 386 g/mol. The van der Waals surface area contributed by atoms with Crippen molar-refractivity contribution in [2.45, 2.75) is 30.5 Å². The number of amides is 1. The number of halogens is 1. The van der Waals surface area contributed by atoms with E-state index < -0.39 is 0 Å². The highest BCUT2D eigenvalue weighted by Crippen LogP contribution is 2.28. The summed E-state index contributed by atoms with van der Waals surface area (Å²) in [5, 5.41) is 4.02. The van der Waals surface area contributed by atoms with Crippen molar-refractivity contribution in [3.63, 3.8) is 0 Å². The lowest BCUT2D eigenvalue weighted by Gasteiger charge is -2.00. The van der Waals surface area contributed by atoms with Crippen LogP contribution in [0.4, 0.5) is 0 Å². The number of rotatable bonds is 7. The Kier molecular flexibility index (Phi) is 6.66. The van der Waals surface area contributed by atoms with Crippen molar-refractivity contribution < 1.29 is 4.79 Å². The lowest BCUT2D eigenvalue weighted by atomic mass is 10.3. The van der Waals surface area contributed by atoms with Crippen LogP contribution in [0.2, 0.25) is 0 Å². The Labute approximate surface area is 140 Å². The summed E-state index contributed by atoms with van der Waals surface area (Å²) < 4.78 is 2.82. The molecule has 2 rings (SSSR count). The SMILES string of the molecule is CCCC/C(Br)=N/NC(=O)CSc1nc2ccccc2s1. The fourth-order valence-corrected chi connectivity index (χ4v) is 3.80. The second-order valence-electron chi connectivity index (χ2n) is 4.36. The molecule has 0 unspecified atom stereocenters. The first-order valence-electron chi connectivity index (χ1n) is 6.68. The van der Waals surface area contributed by atoms with E-state index >= 15 is 0 Å². The molecule has 7 heteroatoms. The predicted molar refractivity (Wildman–Crippen MR) is 94.4 cm³/mol. The molecule has 0 aliphatic heterocycles. The van der Waals surface area contributed by atoms with E-state index in [1.807, 2.05) is 24.3 Å². The standard InChI is InChI=1S/C14H16BrN3OS2/c1-2-3-8-12(15)17-18-13(19)9-20-14-16-10-6-4-5-7-11(10)21-14/h4-7H,2-3,8-9H2,1H3,(H,18,19)/b17-12-. The molecule has 1 heterocycles. The molecule has 0 aliphatic carbocycles. The van der Waals surface area contributed by atoms with E-state index in [9.17, 15) is 4.79 Å². The second kappa shape index (κ2) is 8.51. The third kappa shape index (κ3) is 5.41. The van der Waals surface area contributed by atoms with Gasteiger partial charge >= 0.3 is 0 Å². The molecule has 2 aromatic rings. The maximum Gasteiger partial charge on any atom is 0.250 e. The molecule has 0 atom stereocenters. The maximum atomic E-state index is 11.7. The largest absolute Gasteiger partial charge is 0.272 e. The molecular weight excluding hydrogens is 370 g/mol. The maximum absolute atomic E-state index is 11.7. The van der Waals surface area contributed by atoms with Crippen LogP contribution in [-0.4, -0.2) is 21.3 Å². The summed E-state index contributed by atoms with van der Waals surface area (Å²) in [4.78, 5) is 16.2. The molecule has 0 radical (unpaired) electrons. The normalized spacial score (nSPS) is 11.8. The first-order valence-corrected chi connectivity index (χ1v) is 9.28. The van der Waals surface area contributed by atoms with Crippen molar-refractivity contribution >= 4 is 59.8 Å². The monoisotopic (exact) mass is 385 g/mol. The van der Waals surface area contributed by atoms with E-state index in [-0.39, 0.29) is 5.91 Å². The number of unbranched alkanes of at least 4 members (excludes halogenated alkanes) is 1. The van der Waals surface area contributed by atoms with Gasteiger partial charge in [0.2, 0.25) is 0 Å². The number of para-hydroxylation sites is 1. The molecule has 1 aromatic heterocycles. The number of carbonyl (C=O) groups is 1. The molecule has 4 nitrogen and oxygen atoms in total. The number of aromatic nitrogens is 1. The molecule has 0 spiro atoms. The Morgan fingerprint density at radius 1 is 1.48 bits per heavy atom. The number of nitrogens with one attached hydrogen (secondary N) is 1. The van der Waals surface area contributed by atoms with Crippen molar-refractivity contribution in [3.05, 3.63) is 24.3 Å². The highest BCUT2D eigenvalue weighted by atomic mass is 79.9. The molecule has 1 amide bonds. The van der Waals surface area contributed by atoms with E-state index in [1.54, 1.807) is 11.3 Å². The van der Waals surface area contributed by atoms with E-state index in [1.165, 1.54) is 11.8 Å². The van der Waals surface area contributed by atoms with Gasteiger partial charge in [0.15, 0.2) is 4.34 Å². The van der Waals surface area contributed by atoms with Crippen LogP contribution in [0.5, 0.6) is 0 Å². The van der Waals surface area contributed by atoms with E-state index in [0.29, 0.717) is 5.75 Å². The van der Waals surface area contributed by atoms with E-state index in [2.05, 4.69) is 38.4 Å². The summed E-state index contributed by atoms with van der Waals surface area (Å²) >= 11 is 6.38. The van der Waals surface area contributed by atoms with Gasteiger partial charge in [-0.15, -0.1) is 11.3 Å². The summed E-state index contributed by atoms with van der Waals surface area (Å²) in [7, 11) is 0. The Morgan fingerprint density at radius 3 is 3.05 bits per heavy atom. The Balaban J connectivity index is 1.81. The van der Waals surface area contributed by atoms with Crippen LogP contribution in [0, 0.1) is 0 Å². The lowest BCUT2D eigenvalue weighted by Crippen LogP contribution is -2.20. The molecule has 112 valence electrons.